The standard InChI is InChI=1S/C27H43NO2/c1-16-13-24(28-15-16)25(30)17(2)21-7-8-22-20-6-5-18-14-19(29)9-11-26(18,3)23(20)10-12-27(21,22)4/h16-23,29H,5-15H2,1-4H3/t16-,17+,18?,19+,20+,21-,22+,23+,26+,27-/m1/s1. The number of hydrogen-bond donors (Lipinski definition) is 1. The summed E-state index contributed by atoms with van der Waals surface area (Å²) in [6.45, 7) is 10.4. The summed E-state index contributed by atoms with van der Waals surface area (Å²) in [5, 5.41) is 10.3. The number of aliphatic hydroxyl groups excluding tert-OH is 1. The average molecular weight is 414 g/mol. The van der Waals surface area contributed by atoms with Gasteiger partial charge in [0.1, 0.15) is 0 Å². The fraction of sp³-hybridized carbons (Fsp3) is 0.926. The SMILES string of the molecule is C[C@H]1CN=C(C(=O)[C@@H](C)[C@H]2CC[C@H]3[C@@H]4CCC5C[C@@H](O)CC[C@]5(C)[C@H]4CC[C@]23C)C1. The molecule has 0 bridgehead atoms. The molecule has 3 nitrogen and oxygen atoms in total. The second-order valence-corrected chi connectivity index (χ2v) is 12.6. The van der Waals surface area contributed by atoms with Crippen LogP contribution < -0.4 is 0 Å². The molecule has 1 N–H and O–H groups in total. The monoisotopic (exact) mass is 413 g/mol. The highest BCUT2D eigenvalue weighted by atomic mass is 16.3. The van der Waals surface area contributed by atoms with Crippen molar-refractivity contribution in [3.8, 4) is 0 Å². The van der Waals surface area contributed by atoms with Crippen LogP contribution in [0.3, 0.4) is 0 Å². The summed E-state index contributed by atoms with van der Waals surface area (Å²) < 4.78 is 0. The summed E-state index contributed by atoms with van der Waals surface area (Å²) in [6.07, 6.45) is 12.0. The Morgan fingerprint density at radius 1 is 1.03 bits per heavy atom. The van der Waals surface area contributed by atoms with Crippen molar-refractivity contribution in [1.29, 1.82) is 0 Å². The Morgan fingerprint density at radius 2 is 1.77 bits per heavy atom. The second-order valence-electron chi connectivity index (χ2n) is 12.6. The molecule has 5 rings (SSSR count). The lowest BCUT2D eigenvalue weighted by molar-refractivity contribution is -0.133. The Balaban J connectivity index is 1.35. The largest absolute Gasteiger partial charge is 0.393 e. The lowest BCUT2D eigenvalue weighted by atomic mass is 9.44. The van der Waals surface area contributed by atoms with E-state index in [-0.39, 0.29) is 12.0 Å². The number of hydrogen-bond acceptors (Lipinski definition) is 3. The number of fused-ring (bicyclic) bond motifs is 5. The van der Waals surface area contributed by atoms with Crippen molar-refractivity contribution in [1.82, 2.24) is 0 Å². The molecule has 0 radical (unpaired) electrons. The van der Waals surface area contributed by atoms with Gasteiger partial charge in [0, 0.05) is 12.5 Å². The molecule has 0 aromatic heterocycles. The van der Waals surface area contributed by atoms with Gasteiger partial charge in [0.2, 0.25) is 0 Å². The molecule has 0 saturated heterocycles. The molecule has 1 aliphatic heterocycles. The summed E-state index contributed by atoms with van der Waals surface area (Å²) in [4.78, 5) is 17.9. The van der Waals surface area contributed by atoms with Gasteiger partial charge in [-0.1, -0.05) is 27.7 Å². The number of carbonyl (C=O) groups is 1. The molecule has 4 saturated carbocycles. The van der Waals surface area contributed by atoms with Crippen LogP contribution in [0.1, 0.15) is 91.9 Å². The average Bonchev–Trinajstić information content (AvgIpc) is 3.30. The molecule has 1 heterocycles. The van der Waals surface area contributed by atoms with E-state index in [1.165, 1.54) is 44.9 Å². The minimum Gasteiger partial charge on any atom is -0.393 e. The molecule has 168 valence electrons. The Bertz CT molecular complexity index is 730. The van der Waals surface area contributed by atoms with Gasteiger partial charge in [-0.05, 0) is 111 Å². The molecule has 1 unspecified atom stereocenters. The third kappa shape index (κ3) is 3.08. The van der Waals surface area contributed by atoms with Crippen LogP contribution in [-0.4, -0.2) is 29.3 Å². The molecule has 30 heavy (non-hydrogen) atoms. The van der Waals surface area contributed by atoms with Crippen LogP contribution in [0.25, 0.3) is 0 Å². The second kappa shape index (κ2) is 7.42. The normalized spacial score (nSPS) is 51.5. The smallest absolute Gasteiger partial charge is 0.179 e. The first-order chi connectivity index (χ1) is 14.2. The number of Topliss-reactive ketones (excluding diaryl/α,β-unsaturated/α-hetero) is 1. The van der Waals surface area contributed by atoms with Crippen molar-refractivity contribution in [2.24, 2.45) is 57.2 Å². The maximum absolute atomic E-state index is 13.3. The third-order valence-electron chi connectivity index (χ3n) is 11.1. The number of nitrogens with zero attached hydrogens (tertiary/aromatic N) is 1. The lowest BCUT2D eigenvalue weighted by Crippen LogP contribution is -2.54. The summed E-state index contributed by atoms with van der Waals surface area (Å²) in [6, 6.07) is 0. The minimum atomic E-state index is -0.0579. The van der Waals surface area contributed by atoms with Crippen LogP contribution in [0, 0.1) is 52.3 Å². The zero-order valence-electron chi connectivity index (χ0n) is 19.7. The van der Waals surface area contributed by atoms with E-state index in [1.54, 1.807) is 0 Å². The number of rotatable bonds is 3. The van der Waals surface area contributed by atoms with Gasteiger partial charge in [-0.2, -0.15) is 0 Å². The predicted molar refractivity (Wildman–Crippen MR) is 121 cm³/mol. The highest BCUT2D eigenvalue weighted by Crippen LogP contribution is 2.68. The van der Waals surface area contributed by atoms with Gasteiger partial charge in [-0.25, -0.2) is 0 Å². The Morgan fingerprint density at radius 3 is 2.50 bits per heavy atom. The van der Waals surface area contributed by atoms with E-state index in [0.29, 0.717) is 28.4 Å². The van der Waals surface area contributed by atoms with Crippen LogP contribution in [0.5, 0.6) is 0 Å². The molecular weight excluding hydrogens is 370 g/mol. The van der Waals surface area contributed by atoms with E-state index >= 15 is 0 Å². The Hall–Kier alpha value is -0.700. The van der Waals surface area contributed by atoms with Crippen LogP contribution in [0.4, 0.5) is 0 Å². The lowest BCUT2D eigenvalue weighted by Gasteiger charge is -2.61. The van der Waals surface area contributed by atoms with Crippen molar-refractivity contribution < 1.29 is 9.90 Å². The predicted octanol–water partition coefficient (Wildman–Crippen LogP) is 5.69. The van der Waals surface area contributed by atoms with Crippen molar-refractivity contribution in [2.75, 3.05) is 6.54 Å². The van der Waals surface area contributed by atoms with E-state index in [2.05, 4.69) is 32.7 Å². The van der Waals surface area contributed by atoms with E-state index in [4.69, 9.17) is 0 Å². The first kappa shape index (κ1) is 21.2. The zero-order chi connectivity index (χ0) is 21.3. The van der Waals surface area contributed by atoms with Gasteiger partial charge in [-0.3, -0.25) is 9.79 Å². The van der Waals surface area contributed by atoms with Crippen molar-refractivity contribution in [2.45, 2.75) is 98.0 Å². The minimum absolute atomic E-state index is 0.0579. The summed E-state index contributed by atoms with van der Waals surface area (Å²) >= 11 is 0. The van der Waals surface area contributed by atoms with E-state index in [1.807, 2.05) is 0 Å². The van der Waals surface area contributed by atoms with Crippen molar-refractivity contribution in [3.63, 3.8) is 0 Å². The first-order valence-corrected chi connectivity index (χ1v) is 13.0. The fourth-order valence-electron chi connectivity index (χ4n) is 9.45. The van der Waals surface area contributed by atoms with Crippen LogP contribution in [0.15, 0.2) is 4.99 Å². The summed E-state index contributed by atoms with van der Waals surface area (Å²) in [5.41, 5.74) is 1.67. The molecule has 4 aliphatic carbocycles. The quantitative estimate of drug-likeness (QED) is 0.646. The third-order valence-corrected chi connectivity index (χ3v) is 11.1. The highest BCUT2D eigenvalue weighted by Gasteiger charge is 2.61. The van der Waals surface area contributed by atoms with E-state index in [9.17, 15) is 9.90 Å². The molecule has 0 amide bonds. The van der Waals surface area contributed by atoms with Gasteiger partial charge in [-0.15, -0.1) is 0 Å². The Kier molecular flexibility index (Phi) is 5.24. The maximum Gasteiger partial charge on any atom is 0.179 e. The number of ketones is 1. The molecule has 0 aromatic carbocycles. The van der Waals surface area contributed by atoms with Gasteiger partial charge in [0.05, 0.1) is 11.8 Å². The van der Waals surface area contributed by atoms with Gasteiger partial charge < -0.3 is 5.11 Å². The van der Waals surface area contributed by atoms with Gasteiger partial charge >= 0.3 is 0 Å². The van der Waals surface area contributed by atoms with Crippen LogP contribution in [-0.2, 0) is 4.79 Å². The topological polar surface area (TPSA) is 49.7 Å². The molecule has 3 heteroatoms. The molecule has 0 aromatic rings. The van der Waals surface area contributed by atoms with Crippen molar-refractivity contribution in [3.05, 3.63) is 0 Å². The van der Waals surface area contributed by atoms with Crippen molar-refractivity contribution >= 4 is 11.5 Å². The molecule has 10 atom stereocenters. The Labute approximate surface area is 183 Å². The molecule has 4 fully saturated rings. The number of carbonyl (C=O) groups excluding carboxylic acids is 1. The van der Waals surface area contributed by atoms with E-state index < -0.39 is 0 Å². The number of aliphatic imine (C=N–C) groups is 1. The molecule has 0 spiro atoms. The summed E-state index contributed by atoms with van der Waals surface area (Å²) in [5.74, 6) is 4.79. The van der Waals surface area contributed by atoms with Crippen LogP contribution >= 0.6 is 0 Å². The zero-order valence-corrected chi connectivity index (χ0v) is 19.7. The first-order valence-electron chi connectivity index (χ1n) is 13.0. The fourth-order valence-corrected chi connectivity index (χ4v) is 9.45. The van der Waals surface area contributed by atoms with Gasteiger partial charge in [0.15, 0.2) is 5.78 Å². The van der Waals surface area contributed by atoms with E-state index in [0.717, 1.165) is 55.2 Å². The van der Waals surface area contributed by atoms with Gasteiger partial charge in [0.25, 0.3) is 0 Å². The molecular formula is C27H43NO2. The number of aliphatic hydroxyl groups is 1. The van der Waals surface area contributed by atoms with Crippen LogP contribution in [0.2, 0.25) is 0 Å². The summed E-state index contributed by atoms with van der Waals surface area (Å²) in [7, 11) is 0. The molecule has 5 aliphatic rings. The maximum atomic E-state index is 13.3. The highest BCUT2D eigenvalue weighted by molar-refractivity contribution is 6.41.